The third-order valence-corrected chi connectivity index (χ3v) is 3.89. The number of likely N-dealkylation sites (N-methyl/N-ethyl adjacent to an activating group) is 1. The molecule has 1 aromatic carbocycles. The topological polar surface area (TPSA) is 60.7 Å². The number of guanidine groups is 1. The molecule has 0 bridgehead atoms. The Labute approximate surface area is 143 Å². The van der Waals surface area contributed by atoms with Crippen LogP contribution in [0.5, 0.6) is 0 Å². The molecule has 0 amide bonds. The molecule has 6 heteroatoms. The van der Waals surface area contributed by atoms with Gasteiger partial charge in [-0.1, -0.05) is 0 Å². The molecule has 1 aromatic rings. The molecule has 1 N–H and O–H groups in total. The number of nitrogens with zero attached hydrogens (tertiary/aromatic N) is 3. The summed E-state index contributed by atoms with van der Waals surface area (Å²) < 4.78 is 19.5. The minimum absolute atomic E-state index is 0.191. The Hall–Kier alpha value is -2.13. The Kier molecular flexibility index (Phi) is 7.01. The van der Waals surface area contributed by atoms with Crippen molar-refractivity contribution in [3.8, 4) is 6.07 Å². The number of ether oxygens (including phenoxy) is 1. The van der Waals surface area contributed by atoms with Crippen molar-refractivity contribution in [2.75, 3.05) is 33.4 Å². The van der Waals surface area contributed by atoms with Crippen molar-refractivity contribution < 1.29 is 9.13 Å². The van der Waals surface area contributed by atoms with E-state index in [9.17, 15) is 4.39 Å². The summed E-state index contributed by atoms with van der Waals surface area (Å²) in [6.07, 6.45) is 2.57. The highest BCUT2D eigenvalue weighted by Crippen LogP contribution is 2.28. The van der Waals surface area contributed by atoms with Crippen LogP contribution in [0.2, 0.25) is 0 Å². The van der Waals surface area contributed by atoms with Crippen molar-refractivity contribution in [3.05, 3.63) is 35.1 Å². The van der Waals surface area contributed by atoms with Crippen LogP contribution in [0.4, 0.5) is 4.39 Å². The maximum absolute atomic E-state index is 13.8. The van der Waals surface area contributed by atoms with E-state index in [4.69, 9.17) is 10.00 Å². The van der Waals surface area contributed by atoms with E-state index in [2.05, 4.69) is 10.3 Å². The zero-order valence-corrected chi connectivity index (χ0v) is 14.4. The summed E-state index contributed by atoms with van der Waals surface area (Å²) in [6.45, 7) is 5.12. The van der Waals surface area contributed by atoms with E-state index < -0.39 is 0 Å². The Bertz CT molecular complexity index is 608. The molecule has 0 unspecified atom stereocenters. The van der Waals surface area contributed by atoms with Crippen molar-refractivity contribution in [1.82, 2.24) is 10.2 Å². The summed E-state index contributed by atoms with van der Waals surface area (Å²) in [7, 11) is 1.93. The molecule has 0 spiro atoms. The normalized spacial score (nSPS) is 14.3. The lowest BCUT2D eigenvalue weighted by Gasteiger charge is -2.22. The van der Waals surface area contributed by atoms with Crippen molar-refractivity contribution in [3.63, 3.8) is 0 Å². The molecule has 0 radical (unpaired) electrons. The summed E-state index contributed by atoms with van der Waals surface area (Å²) in [5.74, 6) is 1.12. The van der Waals surface area contributed by atoms with E-state index >= 15 is 0 Å². The SMILES string of the molecule is CCNC(=NCc1cc(C#N)ccc1F)N(C)CCOCC1CC1. The maximum Gasteiger partial charge on any atom is 0.194 e. The first kappa shape index (κ1) is 18.2. The number of nitrogens with one attached hydrogen (secondary N) is 1. The van der Waals surface area contributed by atoms with Gasteiger partial charge in [0.1, 0.15) is 5.82 Å². The van der Waals surface area contributed by atoms with Crippen LogP contribution in [-0.2, 0) is 11.3 Å². The lowest BCUT2D eigenvalue weighted by atomic mass is 10.1. The van der Waals surface area contributed by atoms with Gasteiger partial charge in [0.05, 0.1) is 24.8 Å². The fraction of sp³-hybridized carbons (Fsp3) is 0.556. The summed E-state index contributed by atoms with van der Waals surface area (Å²) in [5.41, 5.74) is 0.858. The maximum atomic E-state index is 13.8. The Morgan fingerprint density at radius 1 is 1.50 bits per heavy atom. The third-order valence-electron chi connectivity index (χ3n) is 3.89. The fourth-order valence-corrected chi connectivity index (χ4v) is 2.24. The second kappa shape index (κ2) is 9.24. The zero-order chi connectivity index (χ0) is 17.4. The molecule has 1 aliphatic rings. The standard InChI is InChI=1S/C18H25FN4O/c1-3-21-18(23(2)8-9-24-13-14-4-5-14)22-12-16-10-15(11-20)6-7-17(16)19/h6-7,10,14H,3-5,8-9,12-13H2,1-2H3,(H,21,22). The quantitative estimate of drug-likeness (QED) is 0.451. The van der Waals surface area contributed by atoms with Gasteiger partial charge in [0.15, 0.2) is 5.96 Å². The molecule has 1 saturated carbocycles. The van der Waals surface area contributed by atoms with Crippen LogP contribution in [0, 0.1) is 23.1 Å². The molecule has 0 atom stereocenters. The molecule has 0 aliphatic heterocycles. The van der Waals surface area contributed by atoms with Gasteiger partial charge in [-0.05, 0) is 43.9 Å². The molecule has 2 rings (SSSR count). The van der Waals surface area contributed by atoms with Crippen LogP contribution in [-0.4, -0.2) is 44.2 Å². The van der Waals surface area contributed by atoms with Gasteiger partial charge in [-0.3, -0.25) is 0 Å². The predicted octanol–water partition coefficient (Wildman–Crippen LogP) is 2.52. The van der Waals surface area contributed by atoms with Crippen molar-refractivity contribution in [2.45, 2.75) is 26.3 Å². The number of halogens is 1. The first-order chi connectivity index (χ1) is 11.6. The minimum Gasteiger partial charge on any atom is -0.379 e. The predicted molar refractivity (Wildman–Crippen MR) is 92.1 cm³/mol. The first-order valence-electron chi connectivity index (χ1n) is 8.39. The highest BCUT2D eigenvalue weighted by molar-refractivity contribution is 5.79. The molecule has 130 valence electrons. The number of aliphatic imine (C=N–C) groups is 1. The Morgan fingerprint density at radius 3 is 2.96 bits per heavy atom. The highest BCUT2D eigenvalue weighted by Gasteiger charge is 2.21. The van der Waals surface area contributed by atoms with Crippen LogP contribution in [0.3, 0.4) is 0 Å². The number of hydrogen-bond acceptors (Lipinski definition) is 3. The monoisotopic (exact) mass is 332 g/mol. The van der Waals surface area contributed by atoms with E-state index in [-0.39, 0.29) is 12.4 Å². The smallest absolute Gasteiger partial charge is 0.194 e. The van der Waals surface area contributed by atoms with Crippen LogP contribution in [0.25, 0.3) is 0 Å². The Morgan fingerprint density at radius 2 is 2.29 bits per heavy atom. The van der Waals surface area contributed by atoms with Gasteiger partial charge in [0.25, 0.3) is 0 Å². The molecule has 1 aliphatic carbocycles. The van der Waals surface area contributed by atoms with Gasteiger partial charge in [-0.25, -0.2) is 9.38 Å². The van der Waals surface area contributed by atoms with Crippen molar-refractivity contribution in [2.24, 2.45) is 10.9 Å². The summed E-state index contributed by atoms with van der Waals surface area (Å²) in [5, 5.41) is 12.1. The molecule has 24 heavy (non-hydrogen) atoms. The molecule has 1 fully saturated rings. The zero-order valence-electron chi connectivity index (χ0n) is 14.4. The lowest BCUT2D eigenvalue weighted by molar-refractivity contribution is 0.115. The first-order valence-corrected chi connectivity index (χ1v) is 8.39. The number of nitriles is 1. The third kappa shape index (κ3) is 5.82. The molecule has 0 heterocycles. The van der Waals surface area contributed by atoms with Crippen LogP contribution in [0.15, 0.2) is 23.2 Å². The van der Waals surface area contributed by atoms with Gasteiger partial charge < -0.3 is 15.0 Å². The van der Waals surface area contributed by atoms with E-state index in [1.54, 1.807) is 6.07 Å². The van der Waals surface area contributed by atoms with Crippen LogP contribution >= 0.6 is 0 Å². The highest BCUT2D eigenvalue weighted by atomic mass is 19.1. The van der Waals surface area contributed by atoms with E-state index in [1.807, 2.05) is 24.9 Å². The summed E-state index contributed by atoms with van der Waals surface area (Å²) in [6, 6.07) is 6.34. The van der Waals surface area contributed by atoms with Gasteiger partial charge in [-0.15, -0.1) is 0 Å². The average molecular weight is 332 g/mol. The average Bonchev–Trinajstić information content (AvgIpc) is 3.41. The molecular weight excluding hydrogens is 307 g/mol. The molecular formula is C18H25FN4O. The number of hydrogen-bond donors (Lipinski definition) is 1. The molecule has 0 aromatic heterocycles. The fourth-order valence-electron chi connectivity index (χ4n) is 2.24. The van der Waals surface area contributed by atoms with E-state index in [0.717, 1.165) is 25.6 Å². The van der Waals surface area contributed by atoms with Crippen LogP contribution in [0.1, 0.15) is 30.9 Å². The van der Waals surface area contributed by atoms with E-state index in [1.165, 1.54) is 25.0 Å². The van der Waals surface area contributed by atoms with Crippen molar-refractivity contribution >= 4 is 5.96 Å². The summed E-state index contributed by atoms with van der Waals surface area (Å²) in [4.78, 5) is 6.45. The second-order valence-electron chi connectivity index (χ2n) is 6.03. The number of benzene rings is 1. The second-order valence-corrected chi connectivity index (χ2v) is 6.03. The minimum atomic E-state index is -0.344. The van der Waals surface area contributed by atoms with Gasteiger partial charge in [-0.2, -0.15) is 5.26 Å². The van der Waals surface area contributed by atoms with Crippen LogP contribution < -0.4 is 5.32 Å². The van der Waals surface area contributed by atoms with Gasteiger partial charge >= 0.3 is 0 Å². The summed E-state index contributed by atoms with van der Waals surface area (Å²) >= 11 is 0. The van der Waals surface area contributed by atoms with Gasteiger partial charge in [0, 0.05) is 32.3 Å². The molecule has 5 nitrogen and oxygen atoms in total. The van der Waals surface area contributed by atoms with Gasteiger partial charge in [0.2, 0.25) is 0 Å². The lowest BCUT2D eigenvalue weighted by Crippen LogP contribution is -2.40. The Balaban J connectivity index is 1.92. The number of rotatable bonds is 8. The van der Waals surface area contributed by atoms with Crippen molar-refractivity contribution in [1.29, 1.82) is 5.26 Å². The van der Waals surface area contributed by atoms with E-state index in [0.29, 0.717) is 23.7 Å². The largest absolute Gasteiger partial charge is 0.379 e. The molecule has 0 saturated heterocycles.